The number of amides is 2. The predicted octanol–water partition coefficient (Wildman–Crippen LogP) is 4.62. The number of carbonyl (C=O) groups is 1. The average Bonchev–Trinajstić information content (AvgIpc) is 3.08. The van der Waals surface area contributed by atoms with Crippen molar-refractivity contribution in [3.8, 4) is 5.75 Å². The molecule has 0 spiro atoms. The molecule has 0 aliphatic rings. The Hall–Kier alpha value is -2.65. The van der Waals surface area contributed by atoms with E-state index in [9.17, 15) is 9.18 Å². The van der Waals surface area contributed by atoms with Crippen LogP contribution in [0.5, 0.6) is 5.75 Å². The van der Waals surface area contributed by atoms with E-state index in [0.717, 1.165) is 5.56 Å². The van der Waals surface area contributed by atoms with Crippen molar-refractivity contribution in [3.05, 3.63) is 59.9 Å². The number of rotatable bonds is 6. The lowest BCUT2D eigenvalue weighted by Gasteiger charge is -2.06. The lowest BCUT2D eigenvalue weighted by molar-refractivity contribution is 0.262. The van der Waals surface area contributed by atoms with Gasteiger partial charge < -0.3 is 10.1 Å². The summed E-state index contributed by atoms with van der Waals surface area (Å²) >= 11 is 2.74. The predicted molar refractivity (Wildman–Crippen MR) is 102 cm³/mol. The first-order valence-corrected chi connectivity index (χ1v) is 9.35. The van der Waals surface area contributed by atoms with Crippen molar-refractivity contribution in [2.75, 3.05) is 17.7 Å². The largest absolute Gasteiger partial charge is 0.497 e. The van der Waals surface area contributed by atoms with E-state index in [2.05, 4.69) is 20.8 Å². The Kier molecular flexibility index (Phi) is 6.03. The van der Waals surface area contributed by atoms with Gasteiger partial charge in [0.2, 0.25) is 5.13 Å². The zero-order valence-electron chi connectivity index (χ0n) is 13.7. The number of nitrogens with zero attached hydrogens (tertiary/aromatic N) is 2. The highest BCUT2D eigenvalue weighted by Gasteiger charge is 2.09. The topological polar surface area (TPSA) is 76.1 Å². The Morgan fingerprint density at radius 3 is 2.77 bits per heavy atom. The molecule has 0 bridgehead atoms. The van der Waals surface area contributed by atoms with E-state index in [4.69, 9.17) is 4.74 Å². The molecule has 3 aromatic rings. The summed E-state index contributed by atoms with van der Waals surface area (Å²) in [7, 11) is 1.56. The van der Waals surface area contributed by atoms with Crippen molar-refractivity contribution in [1.29, 1.82) is 0 Å². The van der Waals surface area contributed by atoms with Gasteiger partial charge in [0.25, 0.3) is 0 Å². The quantitative estimate of drug-likeness (QED) is 0.474. The lowest BCUT2D eigenvalue weighted by Crippen LogP contribution is -2.19. The molecule has 134 valence electrons. The van der Waals surface area contributed by atoms with Crippen molar-refractivity contribution in [2.45, 2.75) is 10.1 Å². The smallest absolute Gasteiger partial charge is 0.325 e. The maximum Gasteiger partial charge on any atom is 0.325 e. The fourth-order valence-electron chi connectivity index (χ4n) is 2.00. The molecule has 0 radical (unpaired) electrons. The number of urea groups is 1. The van der Waals surface area contributed by atoms with Crippen LogP contribution < -0.4 is 15.4 Å². The minimum atomic E-state index is -0.413. The van der Waals surface area contributed by atoms with Gasteiger partial charge in [-0.2, -0.15) is 0 Å². The summed E-state index contributed by atoms with van der Waals surface area (Å²) in [6.07, 6.45) is 0. The first-order chi connectivity index (χ1) is 12.6. The average molecular weight is 390 g/mol. The van der Waals surface area contributed by atoms with E-state index < -0.39 is 6.03 Å². The molecule has 0 saturated heterocycles. The molecule has 1 heterocycles. The van der Waals surface area contributed by atoms with Crippen LogP contribution >= 0.6 is 23.1 Å². The van der Waals surface area contributed by atoms with Gasteiger partial charge in [-0.05, 0) is 29.8 Å². The highest BCUT2D eigenvalue weighted by atomic mass is 32.2. The highest BCUT2D eigenvalue weighted by molar-refractivity contribution is 8.00. The number of hydrogen-bond acceptors (Lipinski definition) is 6. The van der Waals surface area contributed by atoms with Crippen LogP contribution in [0.2, 0.25) is 0 Å². The molecule has 0 fully saturated rings. The van der Waals surface area contributed by atoms with Crippen LogP contribution in [-0.4, -0.2) is 23.3 Å². The van der Waals surface area contributed by atoms with Crippen molar-refractivity contribution in [2.24, 2.45) is 0 Å². The number of carbonyl (C=O) groups excluding carboxylic acids is 1. The van der Waals surface area contributed by atoms with Crippen LogP contribution in [-0.2, 0) is 5.75 Å². The molecule has 6 nitrogen and oxygen atoms in total. The molecular formula is C17H15FN4O2S2. The molecule has 0 atom stereocenters. The number of aromatic nitrogens is 2. The standard InChI is InChI=1S/C17H15FN4O2S2/c1-24-14-4-2-3-13(9-14)19-15(23)20-16-21-22-17(26-16)25-10-11-5-7-12(18)8-6-11/h2-9H,10H2,1H3,(H2,19,20,21,23). The third-order valence-electron chi connectivity index (χ3n) is 3.23. The number of hydrogen-bond donors (Lipinski definition) is 2. The molecule has 9 heteroatoms. The summed E-state index contributed by atoms with van der Waals surface area (Å²) in [6.45, 7) is 0. The molecule has 0 saturated carbocycles. The lowest BCUT2D eigenvalue weighted by atomic mass is 10.2. The van der Waals surface area contributed by atoms with Gasteiger partial charge in [0.05, 0.1) is 7.11 Å². The molecule has 26 heavy (non-hydrogen) atoms. The van der Waals surface area contributed by atoms with Gasteiger partial charge >= 0.3 is 6.03 Å². The molecule has 0 aliphatic heterocycles. The molecule has 2 aromatic carbocycles. The number of ether oxygens (including phenoxy) is 1. The second kappa shape index (κ2) is 8.63. The third-order valence-corrected chi connectivity index (χ3v) is 5.27. The first-order valence-electron chi connectivity index (χ1n) is 7.55. The summed E-state index contributed by atoms with van der Waals surface area (Å²) < 4.78 is 18.7. The minimum Gasteiger partial charge on any atom is -0.497 e. The highest BCUT2D eigenvalue weighted by Crippen LogP contribution is 2.28. The summed E-state index contributed by atoms with van der Waals surface area (Å²) in [5.74, 6) is 1.03. The molecule has 1 aromatic heterocycles. The second-order valence-electron chi connectivity index (χ2n) is 5.10. The monoisotopic (exact) mass is 390 g/mol. The van der Waals surface area contributed by atoms with Crippen LogP contribution in [0.4, 0.5) is 20.0 Å². The van der Waals surface area contributed by atoms with Crippen molar-refractivity contribution < 1.29 is 13.9 Å². The molecule has 0 aliphatic carbocycles. The Morgan fingerprint density at radius 1 is 1.19 bits per heavy atom. The zero-order valence-corrected chi connectivity index (χ0v) is 15.4. The fourth-order valence-corrected chi connectivity index (χ4v) is 3.71. The van der Waals surface area contributed by atoms with E-state index in [1.165, 1.54) is 35.2 Å². The van der Waals surface area contributed by atoms with Crippen molar-refractivity contribution in [1.82, 2.24) is 10.2 Å². The molecule has 3 rings (SSSR count). The Balaban J connectivity index is 1.52. The van der Waals surface area contributed by atoms with Gasteiger partial charge in [0.1, 0.15) is 11.6 Å². The van der Waals surface area contributed by atoms with Gasteiger partial charge in [0, 0.05) is 17.5 Å². The number of methoxy groups -OCH3 is 1. The second-order valence-corrected chi connectivity index (χ2v) is 7.30. The van der Waals surface area contributed by atoms with Crippen molar-refractivity contribution >= 4 is 39.9 Å². The first kappa shape index (κ1) is 18.2. The number of halogens is 1. The normalized spacial score (nSPS) is 10.4. The Labute approximate surface area is 157 Å². The Bertz CT molecular complexity index is 886. The SMILES string of the molecule is COc1cccc(NC(=O)Nc2nnc(SCc3ccc(F)cc3)s2)c1. The summed E-state index contributed by atoms with van der Waals surface area (Å²) in [6, 6.07) is 12.9. The fraction of sp³-hybridized carbons (Fsp3) is 0.118. The van der Waals surface area contributed by atoms with E-state index in [0.29, 0.717) is 26.7 Å². The third kappa shape index (κ3) is 5.17. The van der Waals surface area contributed by atoms with Gasteiger partial charge in [-0.15, -0.1) is 10.2 Å². The van der Waals surface area contributed by atoms with Crippen LogP contribution in [0.1, 0.15) is 5.56 Å². The van der Waals surface area contributed by atoms with Crippen LogP contribution in [0.3, 0.4) is 0 Å². The van der Waals surface area contributed by atoms with E-state index in [1.54, 1.807) is 43.5 Å². The molecular weight excluding hydrogens is 375 g/mol. The summed E-state index contributed by atoms with van der Waals surface area (Å²) in [5, 5.41) is 13.7. The summed E-state index contributed by atoms with van der Waals surface area (Å²) in [5.41, 5.74) is 1.59. The van der Waals surface area contributed by atoms with E-state index in [-0.39, 0.29) is 5.82 Å². The summed E-state index contributed by atoms with van der Waals surface area (Å²) in [4.78, 5) is 12.0. The number of nitrogens with one attached hydrogen (secondary N) is 2. The number of anilines is 2. The number of thioether (sulfide) groups is 1. The van der Waals surface area contributed by atoms with E-state index >= 15 is 0 Å². The van der Waals surface area contributed by atoms with Gasteiger partial charge in [0.15, 0.2) is 4.34 Å². The molecule has 2 N–H and O–H groups in total. The van der Waals surface area contributed by atoms with Crippen LogP contribution in [0, 0.1) is 5.82 Å². The zero-order chi connectivity index (χ0) is 18.4. The maximum absolute atomic E-state index is 12.9. The molecule has 0 unspecified atom stereocenters. The molecule has 2 amide bonds. The van der Waals surface area contributed by atoms with E-state index in [1.807, 2.05) is 0 Å². The maximum atomic E-state index is 12.9. The van der Waals surface area contributed by atoms with Crippen molar-refractivity contribution in [3.63, 3.8) is 0 Å². The van der Waals surface area contributed by atoms with Gasteiger partial charge in [-0.25, -0.2) is 9.18 Å². The number of benzene rings is 2. The van der Waals surface area contributed by atoms with Gasteiger partial charge in [-0.3, -0.25) is 5.32 Å². The van der Waals surface area contributed by atoms with Gasteiger partial charge in [-0.1, -0.05) is 41.3 Å². The van der Waals surface area contributed by atoms with Crippen LogP contribution in [0.15, 0.2) is 52.9 Å². The minimum absolute atomic E-state index is 0.261. The Morgan fingerprint density at radius 2 is 2.00 bits per heavy atom. The van der Waals surface area contributed by atoms with Crippen LogP contribution in [0.25, 0.3) is 0 Å².